The first-order valence-corrected chi connectivity index (χ1v) is 7.65. The van der Waals surface area contributed by atoms with E-state index >= 15 is 0 Å². The summed E-state index contributed by atoms with van der Waals surface area (Å²) in [5.74, 6) is 0.142. The van der Waals surface area contributed by atoms with E-state index in [9.17, 15) is 9.59 Å². The topological polar surface area (TPSA) is 49.4 Å². The van der Waals surface area contributed by atoms with Gasteiger partial charge in [-0.25, -0.2) is 4.79 Å². The van der Waals surface area contributed by atoms with Gasteiger partial charge in [0.1, 0.15) is 0 Å². The Morgan fingerprint density at radius 2 is 1.77 bits per heavy atom. The molecule has 1 aliphatic heterocycles. The summed E-state index contributed by atoms with van der Waals surface area (Å²) in [6.07, 6.45) is 1.28. The maximum atomic E-state index is 12.7. The van der Waals surface area contributed by atoms with E-state index < -0.39 is 0 Å². The number of aryl methyl sites for hydroxylation is 1. The molecule has 22 heavy (non-hydrogen) atoms. The minimum Gasteiger partial charge on any atom is -0.327 e. The molecule has 2 aliphatic rings. The third-order valence-electron chi connectivity index (χ3n) is 4.57. The number of ketones is 1. The monoisotopic (exact) mass is 298 g/mol. The fourth-order valence-electron chi connectivity index (χ4n) is 3.35. The number of carbonyl (C=O) groups excluding carboxylic acids is 2. The van der Waals surface area contributed by atoms with Gasteiger partial charge in [-0.15, -0.1) is 0 Å². The molecule has 0 saturated carbocycles. The highest BCUT2D eigenvalue weighted by atomic mass is 16.2. The maximum absolute atomic E-state index is 12.7. The number of Topliss-reactive ketones (excluding diaryl/α,β-unsaturated/α-hetero) is 1. The molecule has 1 N–H and O–H groups in total. The Labute approximate surface area is 131 Å². The van der Waals surface area contributed by atoms with Gasteiger partial charge in [-0.1, -0.05) is 43.7 Å². The van der Waals surface area contributed by atoms with Gasteiger partial charge in [0.2, 0.25) is 0 Å². The minimum absolute atomic E-state index is 0.0976. The third-order valence-corrected chi connectivity index (χ3v) is 4.57. The average Bonchev–Trinajstić information content (AvgIpc) is 2.43. The summed E-state index contributed by atoms with van der Waals surface area (Å²) in [6.45, 7) is 6.18. The summed E-state index contributed by atoms with van der Waals surface area (Å²) in [4.78, 5) is 26.6. The number of allylic oxidation sites excluding steroid dienone is 1. The van der Waals surface area contributed by atoms with Crippen molar-refractivity contribution in [2.24, 2.45) is 5.41 Å². The number of carbonyl (C=O) groups is 2. The van der Waals surface area contributed by atoms with Crippen molar-refractivity contribution in [2.75, 3.05) is 7.05 Å². The third kappa shape index (κ3) is 2.43. The first-order valence-electron chi connectivity index (χ1n) is 7.65. The van der Waals surface area contributed by atoms with Crippen molar-refractivity contribution < 1.29 is 9.59 Å². The molecule has 4 nitrogen and oxygen atoms in total. The van der Waals surface area contributed by atoms with Crippen LogP contribution in [0.2, 0.25) is 0 Å². The first kappa shape index (κ1) is 14.8. The normalized spacial score (nSPS) is 24.2. The van der Waals surface area contributed by atoms with Crippen LogP contribution in [0.25, 0.3) is 0 Å². The summed E-state index contributed by atoms with van der Waals surface area (Å²) >= 11 is 0. The second kappa shape index (κ2) is 4.97. The zero-order valence-electron chi connectivity index (χ0n) is 13.6. The number of benzene rings is 1. The molecule has 116 valence electrons. The largest absolute Gasteiger partial charge is 0.327 e. The Bertz CT molecular complexity index is 671. The Morgan fingerprint density at radius 1 is 1.14 bits per heavy atom. The molecule has 4 heteroatoms. The molecule has 1 aliphatic carbocycles. The molecule has 0 bridgehead atoms. The molecule has 0 aromatic heterocycles. The molecule has 3 rings (SSSR count). The van der Waals surface area contributed by atoms with Crippen molar-refractivity contribution in [2.45, 2.75) is 39.7 Å². The smallest absolute Gasteiger partial charge is 0.322 e. The van der Waals surface area contributed by atoms with Crippen LogP contribution < -0.4 is 5.32 Å². The van der Waals surface area contributed by atoms with E-state index in [2.05, 4.69) is 19.2 Å². The van der Waals surface area contributed by atoms with Crippen molar-refractivity contribution in [1.82, 2.24) is 10.2 Å². The molecule has 1 aromatic rings. The summed E-state index contributed by atoms with van der Waals surface area (Å²) in [5.41, 5.74) is 3.65. The average molecular weight is 298 g/mol. The maximum Gasteiger partial charge on any atom is 0.322 e. The van der Waals surface area contributed by atoms with Gasteiger partial charge in [0.15, 0.2) is 5.78 Å². The zero-order chi connectivity index (χ0) is 16.1. The number of nitrogens with one attached hydrogen (secondary N) is 1. The van der Waals surface area contributed by atoms with E-state index in [4.69, 9.17) is 0 Å². The predicted octanol–water partition coefficient (Wildman–Crippen LogP) is 3.33. The van der Waals surface area contributed by atoms with Gasteiger partial charge in [-0.05, 0) is 24.3 Å². The van der Waals surface area contributed by atoms with Crippen molar-refractivity contribution in [1.29, 1.82) is 0 Å². The highest BCUT2D eigenvalue weighted by Gasteiger charge is 2.42. The van der Waals surface area contributed by atoms with Crippen molar-refractivity contribution in [3.05, 3.63) is 46.7 Å². The van der Waals surface area contributed by atoms with Crippen molar-refractivity contribution in [3.63, 3.8) is 0 Å². The Hall–Kier alpha value is -2.10. The van der Waals surface area contributed by atoms with E-state index in [1.54, 1.807) is 11.9 Å². The lowest BCUT2D eigenvalue weighted by atomic mass is 9.72. The first-order chi connectivity index (χ1) is 10.3. The molecule has 0 fully saturated rings. The Balaban J connectivity index is 2.11. The molecule has 2 amide bonds. The lowest BCUT2D eigenvalue weighted by molar-refractivity contribution is -0.118. The molecule has 0 radical (unpaired) electrons. The number of rotatable bonds is 1. The molecule has 1 unspecified atom stereocenters. The van der Waals surface area contributed by atoms with E-state index in [0.717, 1.165) is 28.8 Å². The van der Waals surface area contributed by atoms with Crippen LogP contribution in [-0.4, -0.2) is 23.8 Å². The van der Waals surface area contributed by atoms with Gasteiger partial charge in [-0.2, -0.15) is 0 Å². The second-order valence-electron chi connectivity index (χ2n) is 7.15. The fourth-order valence-corrected chi connectivity index (χ4v) is 3.35. The van der Waals surface area contributed by atoms with Crippen LogP contribution in [0.1, 0.15) is 43.9 Å². The van der Waals surface area contributed by atoms with E-state index in [-0.39, 0.29) is 23.3 Å². The summed E-state index contributed by atoms with van der Waals surface area (Å²) in [7, 11) is 1.74. The lowest BCUT2D eigenvalue weighted by Gasteiger charge is -2.42. The fraction of sp³-hybridized carbons (Fsp3) is 0.444. The molecular weight excluding hydrogens is 276 g/mol. The highest BCUT2D eigenvalue weighted by Crippen LogP contribution is 2.43. The lowest BCUT2D eigenvalue weighted by Crippen LogP contribution is -2.49. The summed E-state index contributed by atoms with van der Waals surface area (Å²) in [6, 6.07) is 7.53. The zero-order valence-corrected chi connectivity index (χ0v) is 13.6. The number of nitrogens with zero attached hydrogens (tertiary/aromatic N) is 1. The minimum atomic E-state index is -0.331. The van der Waals surface area contributed by atoms with Crippen LogP contribution in [0, 0.1) is 12.3 Å². The van der Waals surface area contributed by atoms with Gasteiger partial charge >= 0.3 is 6.03 Å². The van der Waals surface area contributed by atoms with Crippen molar-refractivity contribution in [3.8, 4) is 0 Å². The number of amides is 2. The van der Waals surface area contributed by atoms with Crippen LogP contribution in [-0.2, 0) is 4.79 Å². The number of urea groups is 1. The van der Waals surface area contributed by atoms with Gasteiger partial charge in [-0.3, -0.25) is 4.79 Å². The highest BCUT2D eigenvalue weighted by molar-refractivity contribution is 6.01. The number of hydrogen-bond acceptors (Lipinski definition) is 2. The molecule has 0 saturated heterocycles. The van der Waals surface area contributed by atoms with Gasteiger partial charge in [0.25, 0.3) is 0 Å². The summed E-state index contributed by atoms with van der Waals surface area (Å²) < 4.78 is 0. The quantitative estimate of drug-likeness (QED) is 0.864. The van der Waals surface area contributed by atoms with E-state index in [1.165, 1.54) is 0 Å². The van der Waals surface area contributed by atoms with Gasteiger partial charge in [0, 0.05) is 24.7 Å². The number of hydrogen-bond donors (Lipinski definition) is 1. The van der Waals surface area contributed by atoms with E-state index in [1.807, 2.05) is 31.2 Å². The van der Waals surface area contributed by atoms with Gasteiger partial charge in [0.05, 0.1) is 6.04 Å². The Kier molecular flexibility index (Phi) is 3.35. The predicted molar refractivity (Wildman–Crippen MR) is 85.3 cm³/mol. The molecule has 1 atom stereocenters. The van der Waals surface area contributed by atoms with Gasteiger partial charge < -0.3 is 10.2 Å². The van der Waals surface area contributed by atoms with E-state index in [0.29, 0.717) is 6.42 Å². The van der Waals surface area contributed by atoms with Crippen LogP contribution in [0.15, 0.2) is 35.5 Å². The van der Waals surface area contributed by atoms with Crippen LogP contribution in [0.4, 0.5) is 4.79 Å². The summed E-state index contributed by atoms with van der Waals surface area (Å²) in [5, 5.41) is 2.97. The molecule has 0 spiro atoms. The second-order valence-corrected chi connectivity index (χ2v) is 7.15. The van der Waals surface area contributed by atoms with Crippen LogP contribution in [0.3, 0.4) is 0 Å². The molecule has 1 aromatic carbocycles. The SMILES string of the molecule is Cc1ccc(C2NC(=O)N(C)C3=C2C(=O)CC(C)(C)C3)cc1. The van der Waals surface area contributed by atoms with Crippen molar-refractivity contribution >= 4 is 11.8 Å². The molecule has 1 heterocycles. The van der Waals surface area contributed by atoms with Crippen LogP contribution >= 0.6 is 0 Å². The Morgan fingerprint density at radius 3 is 2.41 bits per heavy atom. The molecular formula is C18H22N2O2. The van der Waals surface area contributed by atoms with Crippen LogP contribution in [0.5, 0.6) is 0 Å². The standard InChI is InChI=1S/C18H22N2O2/c1-11-5-7-12(8-6-11)16-15-13(20(4)17(22)19-16)9-18(2,3)10-14(15)21/h5-8,16H,9-10H2,1-4H3,(H,19,22).